The molecule has 1 aromatic rings. The Hall–Kier alpha value is -1.84. The van der Waals surface area contributed by atoms with Crippen molar-refractivity contribution < 1.29 is 19.1 Å². The van der Waals surface area contributed by atoms with Crippen molar-refractivity contribution in [3.63, 3.8) is 0 Å². The minimum absolute atomic E-state index is 0.194. The van der Waals surface area contributed by atoms with Gasteiger partial charge in [-0.1, -0.05) is 12.1 Å². The SMILES string of the molecule is CCOC(=O)CC(C)Oc1cccc(C=O)c1. The first kappa shape index (κ1) is 13.2. The minimum Gasteiger partial charge on any atom is -0.490 e. The van der Waals surface area contributed by atoms with E-state index >= 15 is 0 Å². The maximum Gasteiger partial charge on any atom is 0.309 e. The molecule has 0 aromatic heterocycles. The lowest BCUT2D eigenvalue weighted by molar-refractivity contribution is -0.144. The second kappa shape index (κ2) is 6.68. The highest BCUT2D eigenvalue weighted by molar-refractivity contribution is 5.75. The van der Waals surface area contributed by atoms with Crippen molar-refractivity contribution in [2.45, 2.75) is 26.4 Å². The Labute approximate surface area is 101 Å². The fourth-order valence-electron chi connectivity index (χ4n) is 1.39. The van der Waals surface area contributed by atoms with Crippen LogP contribution in [0.15, 0.2) is 24.3 Å². The number of benzene rings is 1. The van der Waals surface area contributed by atoms with E-state index in [2.05, 4.69) is 0 Å². The highest BCUT2D eigenvalue weighted by Gasteiger charge is 2.11. The monoisotopic (exact) mass is 236 g/mol. The maximum atomic E-state index is 11.2. The molecule has 0 bridgehead atoms. The molecule has 0 heterocycles. The van der Waals surface area contributed by atoms with Gasteiger partial charge in [0.1, 0.15) is 18.1 Å². The van der Waals surface area contributed by atoms with Crippen molar-refractivity contribution in [2.75, 3.05) is 6.61 Å². The molecule has 1 aromatic carbocycles. The second-order valence-corrected chi connectivity index (χ2v) is 3.63. The Morgan fingerprint density at radius 2 is 2.24 bits per heavy atom. The Morgan fingerprint density at radius 1 is 1.47 bits per heavy atom. The van der Waals surface area contributed by atoms with Crippen LogP contribution in [-0.4, -0.2) is 25.0 Å². The van der Waals surface area contributed by atoms with Crippen LogP contribution in [0.1, 0.15) is 30.6 Å². The number of rotatable bonds is 6. The molecule has 0 fully saturated rings. The van der Waals surface area contributed by atoms with E-state index in [9.17, 15) is 9.59 Å². The number of aldehydes is 1. The quantitative estimate of drug-likeness (QED) is 0.561. The summed E-state index contributed by atoms with van der Waals surface area (Å²) in [4.78, 5) is 21.8. The van der Waals surface area contributed by atoms with Crippen LogP contribution in [0.4, 0.5) is 0 Å². The normalized spacial score (nSPS) is 11.6. The van der Waals surface area contributed by atoms with Crippen molar-refractivity contribution >= 4 is 12.3 Å². The average molecular weight is 236 g/mol. The lowest BCUT2D eigenvalue weighted by atomic mass is 10.2. The Morgan fingerprint density at radius 3 is 2.88 bits per heavy atom. The van der Waals surface area contributed by atoms with Crippen molar-refractivity contribution in [3.05, 3.63) is 29.8 Å². The van der Waals surface area contributed by atoms with E-state index in [4.69, 9.17) is 9.47 Å². The molecular formula is C13H16O4. The zero-order chi connectivity index (χ0) is 12.7. The average Bonchev–Trinajstić information content (AvgIpc) is 2.29. The molecule has 0 aliphatic rings. The van der Waals surface area contributed by atoms with Crippen molar-refractivity contribution in [3.8, 4) is 5.75 Å². The summed E-state index contributed by atoms with van der Waals surface area (Å²) in [7, 11) is 0. The fourth-order valence-corrected chi connectivity index (χ4v) is 1.39. The first-order valence-electron chi connectivity index (χ1n) is 5.53. The van der Waals surface area contributed by atoms with E-state index in [-0.39, 0.29) is 18.5 Å². The van der Waals surface area contributed by atoms with Crippen LogP contribution < -0.4 is 4.74 Å². The summed E-state index contributed by atoms with van der Waals surface area (Å²) in [5.41, 5.74) is 0.547. The molecule has 1 atom stereocenters. The molecule has 4 nitrogen and oxygen atoms in total. The van der Waals surface area contributed by atoms with E-state index in [1.807, 2.05) is 0 Å². The molecular weight excluding hydrogens is 220 g/mol. The van der Waals surface area contributed by atoms with Crippen LogP contribution in [-0.2, 0) is 9.53 Å². The summed E-state index contributed by atoms with van der Waals surface area (Å²) in [6.45, 7) is 3.91. The molecule has 0 N–H and O–H groups in total. The van der Waals surface area contributed by atoms with Crippen LogP contribution in [0.2, 0.25) is 0 Å². The predicted octanol–water partition coefficient (Wildman–Crippen LogP) is 2.22. The van der Waals surface area contributed by atoms with Crippen molar-refractivity contribution in [1.82, 2.24) is 0 Å². The van der Waals surface area contributed by atoms with Gasteiger partial charge in [0.05, 0.1) is 13.0 Å². The molecule has 0 spiro atoms. The molecule has 0 aliphatic heterocycles. The van der Waals surface area contributed by atoms with E-state index in [1.54, 1.807) is 38.1 Å². The van der Waals surface area contributed by atoms with Gasteiger partial charge in [-0.05, 0) is 26.0 Å². The lowest BCUT2D eigenvalue weighted by Crippen LogP contribution is -2.18. The van der Waals surface area contributed by atoms with Crippen LogP contribution in [0, 0.1) is 0 Å². The molecule has 0 amide bonds. The third-order valence-corrected chi connectivity index (χ3v) is 2.09. The van der Waals surface area contributed by atoms with Gasteiger partial charge in [0.25, 0.3) is 0 Å². The number of hydrogen-bond acceptors (Lipinski definition) is 4. The third kappa shape index (κ3) is 4.68. The summed E-state index contributed by atoms with van der Waals surface area (Å²) in [5.74, 6) is 0.290. The van der Waals surface area contributed by atoms with Gasteiger partial charge in [0, 0.05) is 5.56 Å². The number of ether oxygens (including phenoxy) is 2. The molecule has 92 valence electrons. The summed E-state index contributed by atoms with van der Waals surface area (Å²) in [6, 6.07) is 6.80. The molecule has 0 saturated heterocycles. The smallest absolute Gasteiger partial charge is 0.309 e. The molecule has 17 heavy (non-hydrogen) atoms. The van der Waals surface area contributed by atoms with Gasteiger partial charge in [-0.15, -0.1) is 0 Å². The highest BCUT2D eigenvalue weighted by Crippen LogP contribution is 2.15. The zero-order valence-electron chi connectivity index (χ0n) is 10.0. The highest BCUT2D eigenvalue weighted by atomic mass is 16.5. The van der Waals surface area contributed by atoms with Gasteiger partial charge in [-0.25, -0.2) is 0 Å². The van der Waals surface area contributed by atoms with Gasteiger partial charge in [-0.3, -0.25) is 9.59 Å². The molecule has 1 unspecified atom stereocenters. The summed E-state index contributed by atoms with van der Waals surface area (Å²) in [6.07, 6.45) is 0.665. The number of carbonyl (C=O) groups is 2. The summed E-state index contributed by atoms with van der Waals surface area (Å²) < 4.78 is 10.3. The standard InChI is InChI=1S/C13H16O4/c1-3-16-13(15)7-10(2)17-12-6-4-5-11(8-12)9-14/h4-6,8-10H,3,7H2,1-2H3. The number of carbonyl (C=O) groups excluding carboxylic acids is 2. The van der Waals surface area contributed by atoms with Gasteiger partial charge < -0.3 is 9.47 Å². The van der Waals surface area contributed by atoms with E-state index in [0.717, 1.165) is 6.29 Å². The van der Waals surface area contributed by atoms with Gasteiger partial charge in [0.15, 0.2) is 0 Å². The van der Waals surface area contributed by atoms with Crippen LogP contribution in [0.25, 0.3) is 0 Å². The minimum atomic E-state index is -0.286. The van der Waals surface area contributed by atoms with E-state index < -0.39 is 0 Å². The Balaban J connectivity index is 2.52. The van der Waals surface area contributed by atoms with Crippen LogP contribution in [0.5, 0.6) is 5.75 Å². The second-order valence-electron chi connectivity index (χ2n) is 3.63. The largest absolute Gasteiger partial charge is 0.490 e. The Bertz CT molecular complexity index is 387. The molecule has 1 rings (SSSR count). The van der Waals surface area contributed by atoms with Gasteiger partial charge in [0.2, 0.25) is 0 Å². The van der Waals surface area contributed by atoms with E-state index in [0.29, 0.717) is 17.9 Å². The topological polar surface area (TPSA) is 52.6 Å². The van der Waals surface area contributed by atoms with Gasteiger partial charge >= 0.3 is 5.97 Å². The van der Waals surface area contributed by atoms with Crippen molar-refractivity contribution in [1.29, 1.82) is 0 Å². The maximum absolute atomic E-state index is 11.2. The van der Waals surface area contributed by atoms with Crippen LogP contribution >= 0.6 is 0 Å². The van der Waals surface area contributed by atoms with Crippen LogP contribution in [0.3, 0.4) is 0 Å². The summed E-state index contributed by atoms with van der Waals surface area (Å²) in [5, 5.41) is 0. The third-order valence-electron chi connectivity index (χ3n) is 2.09. The number of hydrogen-bond donors (Lipinski definition) is 0. The Kier molecular flexibility index (Phi) is 5.20. The predicted molar refractivity (Wildman–Crippen MR) is 63.2 cm³/mol. The lowest BCUT2D eigenvalue weighted by Gasteiger charge is -2.13. The molecule has 0 saturated carbocycles. The molecule has 4 heteroatoms. The first-order valence-corrected chi connectivity index (χ1v) is 5.53. The summed E-state index contributed by atoms with van der Waals surface area (Å²) >= 11 is 0. The zero-order valence-corrected chi connectivity index (χ0v) is 10.0. The van der Waals surface area contributed by atoms with E-state index in [1.165, 1.54) is 0 Å². The molecule has 0 aliphatic carbocycles. The van der Waals surface area contributed by atoms with Crippen molar-refractivity contribution in [2.24, 2.45) is 0 Å². The number of esters is 1. The first-order chi connectivity index (χ1) is 8.15. The van der Waals surface area contributed by atoms with Gasteiger partial charge in [-0.2, -0.15) is 0 Å². The molecule has 0 radical (unpaired) electrons. The fraction of sp³-hybridized carbons (Fsp3) is 0.385.